The van der Waals surface area contributed by atoms with Gasteiger partial charge in [0.15, 0.2) is 0 Å². The predicted octanol–water partition coefficient (Wildman–Crippen LogP) is -0.260. The van der Waals surface area contributed by atoms with Crippen molar-refractivity contribution >= 4 is 18.9 Å². The van der Waals surface area contributed by atoms with Gasteiger partial charge < -0.3 is 19.9 Å². The molecule has 0 aliphatic heterocycles. The summed E-state index contributed by atoms with van der Waals surface area (Å²) in [6.07, 6.45) is 0. The minimum atomic E-state index is -4.64. The maximum Gasteiger partial charge on any atom is 0.466 e. The molecular formula is C6H8N3O5P. The number of aromatic nitrogens is 3. The molecule has 82 valence electrons. The van der Waals surface area contributed by atoms with Gasteiger partial charge in [-0.1, -0.05) is 12.1 Å². The third kappa shape index (κ3) is 4.52. The van der Waals surface area contributed by atoms with Crippen molar-refractivity contribution in [2.75, 3.05) is 0 Å². The maximum atomic E-state index is 8.88. The van der Waals surface area contributed by atoms with Crippen LogP contribution in [0.15, 0.2) is 24.3 Å². The first kappa shape index (κ1) is 11.6. The minimum absolute atomic E-state index is 0.574. The Balaban J connectivity index is 0.000000195. The quantitative estimate of drug-likeness (QED) is 0.364. The fraction of sp³-hybridized carbons (Fsp3) is 0. The molecule has 0 unspecified atom stereocenters. The lowest BCUT2D eigenvalue weighted by Crippen LogP contribution is -1.92. The van der Waals surface area contributed by atoms with E-state index in [1.807, 2.05) is 12.1 Å². The summed E-state index contributed by atoms with van der Waals surface area (Å²) >= 11 is 0. The summed E-state index contributed by atoms with van der Waals surface area (Å²) in [4.78, 5) is 22.1. The number of rotatable bonds is 0. The molecule has 0 saturated heterocycles. The Hall–Kier alpha value is -1.47. The van der Waals surface area contributed by atoms with Gasteiger partial charge in [-0.25, -0.2) is 4.57 Å². The molecule has 0 radical (unpaired) electrons. The van der Waals surface area contributed by atoms with Gasteiger partial charge in [-0.2, -0.15) is 0 Å². The summed E-state index contributed by atoms with van der Waals surface area (Å²) in [6, 6.07) is 7.26. The van der Waals surface area contributed by atoms with Gasteiger partial charge >= 0.3 is 7.82 Å². The SMILES string of the molecule is O=P(O)(O)O.On1nc2ccccc2n1. The monoisotopic (exact) mass is 233 g/mol. The molecular weight excluding hydrogens is 225 g/mol. The van der Waals surface area contributed by atoms with E-state index in [1.165, 1.54) is 0 Å². The number of hydrogen-bond donors (Lipinski definition) is 4. The molecule has 9 heteroatoms. The Labute approximate surface area is 83.6 Å². The van der Waals surface area contributed by atoms with Crippen molar-refractivity contribution in [3.63, 3.8) is 0 Å². The van der Waals surface area contributed by atoms with Gasteiger partial charge in [0.25, 0.3) is 0 Å². The zero-order chi connectivity index (χ0) is 11.5. The third-order valence-electron chi connectivity index (χ3n) is 1.28. The van der Waals surface area contributed by atoms with Crippen LogP contribution >= 0.6 is 7.82 Å². The fourth-order valence-corrected chi connectivity index (χ4v) is 0.848. The van der Waals surface area contributed by atoms with Crippen LogP contribution in [0.4, 0.5) is 0 Å². The standard InChI is InChI=1S/C6H5N3O.H3O4P/c10-9-7-5-3-1-2-4-6(5)8-9;1-5(2,3)4/h1-4,10H;(H3,1,2,3,4). The summed E-state index contributed by atoms with van der Waals surface area (Å²) in [7, 11) is -4.64. The zero-order valence-corrected chi connectivity index (χ0v) is 8.19. The van der Waals surface area contributed by atoms with E-state index in [4.69, 9.17) is 24.5 Å². The van der Waals surface area contributed by atoms with E-state index in [-0.39, 0.29) is 0 Å². The molecule has 8 nitrogen and oxygen atoms in total. The first-order valence-corrected chi connectivity index (χ1v) is 5.22. The van der Waals surface area contributed by atoms with Crippen LogP contribution in [0.1, 0.15) is 0 Å². The molecule has 4 N–H and O–H groups in total. The van der Waals surface area contributed by atoms with Gasteiger partial charge in [0.1, 0.15) is 11.0 Å². The van der Waals surface area contributed by atoms with Crippen LogP contribution in [-0.4, -0.2) is 35.0 Å². The number of phosphoric acid groups is 1. The molecule has 2 rings (SSSR count). The van der Waals surface area contributed by atoms with Crippen molar-refractivity contribution in [1.82, 2.24) is 15.2 Å². The molecule has 1 aromatic heterocycles. The Morgan fingerprint density at radius 2 is 1.40 bits per heavy atom. The number of fused-ring (bicyclic) bond motifs is 1. The zero-order valence-electron chi connectivity index (χ0n) is 7.30. The van der Waals surface area contributed by atoms with Crippen molar-refractivity contribution in [3.05, 3.63) is 24.3 Å². The summed E-state index contributed by atoms with van der Waals surface area (Å²) in [6.45, 7) is 0. The third-order valence-corrected chi connectivity index (χ3v) is 1.28. The second kappa shape index (κ2) is 4.37. The van der Waals surface area contributed by atoms with E-state index in [9.17, 15) is 0 Å². The Morgan fingerprint density at radius 1 is 1.07 bits per heavy atom. The van der Waals surface area contributed by atoms with Crippen molar-refractivity contribution in [3.8, 4) is 0 Å². The van der Waals surface area contributed by atoms with Crippen LogP contribution in [-0.2, 0) is 4.57 Å². The highest BCUT2D eigenvalue weighted by atomic mass is 31.2. The van der Waals surface area contributed by atoms with Crippen LogP contribution in [0.25, 0.3) is 11.0 Å². The predicted molar refractivity (Wildman–Crippen MR) is 49.0 cm³/mol. The maximum absolute atomic E-state index is 8.88. The van der Waals surface area contributed by atoms with Crippen LogP contribution in [0.2, 0.25) is 0 Å². The molecule has 0 amide bonds. The van der Waals surface area contributed by atoms with E-state index in [0.29, 0.717) is 16.0 Å². The average molecular weight is 233 g/mol. The van der Waals surface area contributed by atoms with Gasteiger partial charge in [-0.05, 0) is 17.1 Å². The summed E-state index contributed by atoms with van der Waals surface area (Å²) in [5.74, 6) is 0. The van der Waals surface area contributed by atoms with Crippen LogP contribution in [0, 0.1) is 0 Å². The van der Waals surface area contributed by atoms with Gasteiger partial charge in [0.05, 0.1) is 0 Å². The molecule has 15 heavy (non-hydrogen) atoms. The van der Waals surface area contributed by atoms with Crippen molar-refractivity contribution < 1.29 is 24.5 Å². The van der Waals surface area contributed by atoms with Crippen LogP contribution in [0.5, 0.6) is 0 Å². The van der Waals surface area contributed by atoms with E-state index < -0.39 is 7.82 Å². The highest BCUT2D eigenvalue weighted by molar-refractivity contribution is 7.45. The van der Waals surface area contributed by atoms with Gasteiger partial charge in [0, 0.05) is 0 Å². The molecule has 1 heterocycles. The number of benzene rings is 1. The highest BCUT2D eigenvalue weighted by Crippen LogP contribution is 2.25. The van der Waals surface area contributed by atoms with E-state index in [2.05, 4.69) is 10.2 Å². The Kier molecular flexibility index (Phi) is 3.38. The topological polar surface area (TPSA) is 129 Å². The minimum Gasteiger partial charge on any atom is -0.396 e. The van der Waals surface area contributed by atoms with E-state index >= 15 is 0 Å². The largest absolute Gasteiger partial charge is 0.466 e. The lowest BCUT2D eigenvalue weighted by atomic mass is 10.3. The van der Waals surface area contributed by atoms with Crippen molar-refractivity contribution in [1.29, 1.82) is 0 Å². The average Bonchev–Trinajstić information content (AvgIpc) is 2.40. The van der Waals surface area contributed by atoms with Crippen molar-refractivity contribution in [2.45, 2.75) is 0 Å². The molecule has 0 aliphatic carbocycles. The number of hydrogen-bond acceptors (Lipinski definition) is 4. The lowest BCUT2D eigenvalue weighted by Gasteiger charge is -1.82. The molecule has 0 saturated carbocycles. The van der Waals surface area contributed by atoms with Gasteiger partial charge in [-0.3, -0.25) is 0 Å². The molecule has 0 bridgehead atoms. The summed E-state index contributed by atoms with van der Waals surface area (Å²) < 4.78 is 8.88. The first-order chi connectivity index (χ1) is 6.86. The van der Waals surface area contributed by atoms with Crippen LogP contribution < -0.4 is 0 Å². The second-order valence-corrected chi connectivity index (χ2v) is 3.50. The molecule has 0 fully saturated rings. The molecule has 0 aliphatic rings. The van der Waals surface area contributed by atoms with Gasteiger partial charge in [0.2, 0.25) is 0 Å². The lowest BCUT2D eigenvalue weighted by molar-refractivity contribution is 0.113. The normalized spacial score (nSPS) is 10.9. The molecule has 2 aromatic rings. The Bertz CT molecular complexity index is 451. The van der Waals surface area contributed by atoms with Crippen molar-refractivity contribution in [2.24, 2.45) is 0 Å². The first-order valence-electron chi connectivity index (χ1n) is 3.66. The van der Waals surface area contributed by atoms with Crippen LogP contribution in [0.3, 0.4) is 0 Å². The van der Waals surface area contributed by atoms with E-state index in [1.54, 1.807) is 12.1 Å². The summed E-state index contributed by atoms with van der Waals surface area (Å²) in [5, 5.41) is 16.1. The molecule has 0 atom stereocenters. The molecule has 1 aromatic carbocycles. The summed E-state index contributed by atoms with van der Waals surface area (Å²) in [5.41, 5.74) is 1.40. The smallest absolute Gasteiger partial charge is 0.396 e. The Morgan fingerprint density at radius 3 is 1.73 bits per heavy atom. The highest BCUT2D eigenvalue weighted by Gasteiger charge is 2.00. The number of nitrogens with zero attached hydrogens (tertiary/aromatic N) is 3. The fourth-order valence-electron chi connectivity index (χ4n) is 0.848. The van der Waals surface area contributed by atoms with Gasteiger partial charge in [-0.15, -0.1) is 10.2 Å². The molecule has 0 spiro atoms. The van der Waals surface area contributed by atoms with E-state index in [0.717, 1.165) is 0 Å². The second-order valence-electron chi connectivity index (χ2n) is 2.47.